The van der Waals surface area contributed by atoms with Crippen LogP contribution < -0.4 is 10.5 Å². The SMILES string of the molecule is Nc1ccc2c(OC3CCOC3)ccnc2c1. The normalized spacial score (nSPS) is 19.6. The lowest BCUT2D eigenvalue weighted by Gasteiger charge is -2.13. The van der Waals surface area contributed by atoms with Crippen molar-refractivity contribution in [2.24, 2.45) is 0 Å². The van der Waals surface area contributed by atoms with Crippen LogP contribution in [0.2, 0.25) is 0 Å². The van der Waals surface area contributed by atoms with E-state index in [0.717, 1.165) is 29.7 Å². The molecule has 2 N–H and O–H groups in total. The van der Waals surface area contributed by atoms with E-state index >= 15 is 0 Å². The van der Waals surface area contributed by atoms with Gasteiger partial charge < -0.3 is 15.2 Å². The number of hydrogen-bond acceptors (Lipinski definition) is 4. The molecule has 3 rings (SSSR count). The summed E-state index contributed by atoms with van der Waals surface area (Å²) in [7, 11) is 0. The second-order valence-electron chi connectivity index (χ2n) is 4.19. The molecule has 4 heteroatoms. The molecule has 0 aliphatic carbocycles. The smallest absolute Gasteiger partial charge is 0.130 e. The van der Waals surface area contributed by atoms with Gasteiger partial charge in [-0.1, -0.05) is 0 Å². The summed E-state index contributed by atoms with van der Waals surface area (Å²) in [5.74, 6) is 0.852. The van der Waals surface area contributed by atoms with E-state index < -0.39 is 0 Å². The molecule has 1 fully saturated rings. The summed E-state index contributed by atoms with van der Waals surface area (Å²) >= 11 is 0. The quantitative estimate of drug-likeness (QED) is 0.801. The lowest BCUT2D eigenvalue weighted by molar-refractivity contribution is 0.142. The molecule has 0 spiro atoms. The first-order valence-corrected chi connectivity index (χ1v) is 5.71. The van der Waals surface area contributed by atoms with Gasteiger partial charge in [0, 0.05) is 23.7 Å². The van der Waals surface area contributed by atoms with Crippen molar-refractivity contribution in [3.05, 3.63) is 30.5 Å². The van der Waals surface area contributed by atoms with Crippen LogP contribution in [0.1, 0.15) is 6.42 Å². The minimum absolute atomic E-state index is 0.151. The molecule has 17 heavy (non-hydrogen) atoms. The van der Waals surface area contributed by atoms with Crippen molar-refractivity contribution in [1.82, 2.24) is 4.98 Å². The van der Waals surface area contributed by atoms with E-state index in [-0.39, 0.29) is 6.10 Å². The van der Waals surface area contributed by atoms with Crippen molar-refractivity contribution in [3.8, 4) is 5.75 Å². The molecular formula is C13H14N2O2. The van der Waals surface area contributed by atoms with Gasteiger partial charge in [0.2, 0.25) is 0 Å². The number of benzene rings is 1. The van der Waals surface area contributed by atoms with Crippen LogP contribution in [0.15, 0.2) is 30.5 Å². The molecule has 88 valence electrons. The van der Waals surface area contributed by atoms with Crippen molar-refractivity contribution < 1.29 is 9.47 Å². The minimum atomic E-state index is 0.151. The number of fused-ring (bicyclic) bond motifs is 1. The first kappa shape index (κ1) is 10.4. The number of nitrogens with two attached hydrogens (primary N) is 1. The van der Waals surface area contributed by atoms with E-state index in [9.17, 15) is 0 Å². The number of nitrogens with zero attached hydrogens (tertiary/aromatic N) is 1. The highest BCUT2D eigenvalue weighted by Gasteiger charge is 2.18. The summed E-state index contributed by atoms with van der Waals surface area (Å²) in [6.07, 6.45) is 2.84. The molecular weight excluding hydrogens is 216 g/mol. The Balaban J connectivity index is 1.97. The van der Waals surface area contributed by atoms with Gasteiger partial charge in [0.25, 0.3) is 0 Å². The molecule has 1 aliphatic rings. The van der Waals surface area contributed by atoms with Crippen LogP contribution >= 0.6 is 0 Å². The number of ether oxygens (including phenoxy) is 2. The maximum absolute atomic E-state index is 5.92. The van der Waals surface area contributed by atoms with Gasteiger partial charge in [0.1, 0.15) is 11.9 Å². The van der Waals surface area contributed by atoms with Gasteiger partial charge in [-0.2, -0.15) is 0 Å². The van der Waals surface area contributed by atoms with Crippen molar-refractivity contribution >= 4 is 16.6 Å². The highest BCUT2D eigenvalue weighted by Crippen LogP contribution is 2.27. The Bertz CT molecular complexity index is 536. The van der Waals surface area contributed by atoms with Gasteiger partial charge in [-0.15, -0.1) is 0 Å². The maximum atomic E-state index is 5.92. The zero-order chi connectivity index (χ0) is 11.7. The highest BCUT2D eigenvalue weighted by atomic mass is 16.5. The fourth-order valence-corrected chi connectivity index (χ4v) is 2.03. The number of rotatable bonds is 2. The third kappa shape index (κ3) is 2.03. The molecule has 1 aromatic heterocycles. The molecule has 1 aromatic carbocycles. The summed E-state index contributed by atoms with van der Waals surface area (Å²) in [5, 5.41) is 0.994. The Morgan fingerprint density at radius 2 is 2.29 bits per heavy atom. The third-order valence-electron chi connectivity index (χ3n) is 2.91. The molecule has 1 atom stereocenters. The van der Waals surface area contributed by atoms with Crippen molar-refractivity contribution in [3.63, 3.8) is 0 Å². The molecule has 1 unspecified atom stereocenters. The fraction of sp³-hybridized carbons (Fsp3) is 0.308. The lowest BCUT2D eigenvalue weighted by atomic mass is 10.2. The maximum Gasteiger partial charge on any atom is 0.130 e. The summed E-state index contributed by atoms with van der Waals surface area (Å²) in [4.78, 5) is 4.29. The standard InChI is InChI=1S/C13H14N2O2/c14-9-1-2-11-12(7-9)15-5-3-13(11)17-10-4-6-16-8-10/h1-3,5,7,10H,4,6,8,14H2. The monoisotopic (exact) mass is 230 g/mol. The Morgan fingerprint density at radius 1 is 1.35 bits per heavy atom. The number of aromatic nitrogens is 1. The summed E-state index contributed by atoms with van der Waals surface area (Å²) < 4.78 is 11.2. The predicted molar refractivity (Wildman–Crippen MR) is 66.0 cm³/mol. The summed E-state index contributed by atoms with van der Waals surface area (Å²) in [6, 6.07) is 7.55. The Morgan fingerprint density at radius 3 is 3.12 bits per heavy atom. The molecule has 4 nitrogen and oxygen atoms in total. The van der Waals surface area contributed by atoms with Gasteiger partial charge in [-0.25, -0.2) is 0 Å². The predicted octanol–water partition coefficient (Wildman–Crippen LogP) is 1.98. The number of hydrogen-bond donors (Lipinski definition) is 1. The first-order chi connectivity index (χ1) is 8.33. The molecule has 0 saturated carbocycles. The van der Waals surface area contributed by atoms with Crippen LogP contribution in [0.3, 0.4) is 0 Å². The average Bonchev–Trinajstić information content (AvgIpc) is 2.82. The van der Waals surface area contributed by atoms with Gasteiger partial charge >= 0.3 is 0 Å². The van der Waals surface area contributed by atoms with E-state index in [2.05, 4.69) is 4.98 Å². The zero-order valence-electron chi connectivity index (χ0n) is 9.43. The van der Waals surface area contributed by atoms with Gasteiger partial charge in [0.15, 0.2) is 0 Å². The topological polar surface area (TPSA) is 57.4 Å². The Labute approximate surface area is 99.4 Å². The third-order valence-corrected chi connectivity index (χ3v) is 2.91. The second-order valence-corrected chi connectivity index (χ2v) is 4.19. The van der Waals surface area contributed by atoms with Crippen molar-refractivity contribution in [2.75, 3.05) is 18.9 Å². The Kier molecular flexibility index (Phi) is 2.57. The molecule has 1 aliphatic heterocycles. The summed E-state index contributed by atoms with van der Waals surface area (Å²) in [6.45, 7) is 1.44. The number of anilines is 1. The van der Waals surface area contributed by atoms with Crippen LogP contribution in [0.25, 0.3) is 10.9 Å². The van der Waals surface area contributed by atoms with E-state index in [1.54, 1.807) is 6.20 Å². The van der Waals surface area contributed by atoms with Gasteiger partial charge in [-0.3, -0.25) is 4.98 Å². The molecule has 0 radical (unpaired) electrons. The average molecular weight is 230 g/mol. The lowest BCUT2D eigenvalue weighted by Crippen LogP contribution is -2.15. The van der Waals surface area contributed by atoms with E-state index in [1.807, 2.05) is 24.3 Å². The number of nitrogen functional groups attached to an aromatic ring is 1. The van der Waals surface area contributed by atoms with E-state index in [1.165, 1.54) is 0 Å². The fourth-order valence-electron chi connectivity index (χ4n) is 2.03. The van der Waals surface area contributed by atoms with Crippen LogP contribution in [0.5, 0.6) is 5.75 Å². The largest absolute Gasteiger partial charge is 0.487 e. The molecule has 2 aromatic rings. The van der Waals surface area contributed by atoms with Crippen LogP contribution in [0.4, 0.5) is 5.69 Å². The van der Waals surface area contributed by atoms with Gasteiger partial charge in [0.05, 0.1) is 18.7 Å². The van der Waals surface area contributed by atoms with Gasteiger partial charge in [-0.05, 0) is 24.3 Å². The zero-order valence-corrected chi connectivity index (χ0v) is 9.43. The molecule has 1 saturated heterocycles. The summed E-state index contributed by atoms with van der Waals surface area (Å²) in [5.41, 5.74) is 7.31. The second kappa shape index (κ2) is 4.22. The molecule has 2 heterocycles. The molecule has 0 amide bonds. The number of pyridine rings is 1. The van der Waals surface area contributed by atoms with Crippen LogP contribution in [-0.2, 0) is 4.74 Å². The molecule has 0 bridgehead atoms. The first-order valence-electron chi connectivity index (χ1n) is 5.71. The van der Waals surface area contributed by atoms with Crippen LogP contribution in [-0.4, -0.2) is 24.3 Å². The van der Waals surface area contributed by atoms with Crippen LogP contribution in [0, 0.1) is 0 Å². The highest BCUT2D eigenvalue weighted by molar-refractivity contribution is 5.87. The van der Waals surface area contributed by atoms with E-state index in [0.29, 0.717) is 12.3 Å². The Hall–Kier alpha value is -1.81. The van der Waals surface area contributed by atoms with Crippen molar-refractivity contribution in [2.45, 2.75) is 12.5 Å². The van der Waals surface area contributed by atoms with E-state index in [4.69, 9.17) is 15.2 Å². The minimum Gasteiger partial charge on any atom is -0.487 e. The van der Waals surface area contributed by atoms with Crippen molar-refractivity contribution in [1.29, 1.82) is 0 Å².